The van der Waals surface area contributed by atoms with Gasteiger partial charge in [-0.1, -0.05) is 0 Å². The highest BCUT2D eigenvalue weighted by Gasteiger charge is 2.52. The van der Waals surface area contributed by atoms with Crippen LogP contribution < -0.4 is 5.73 Å². The fraction of sp³-hybridized carbons (Fsp3) is 0.600. The van der Waals surface area contributed by atoms with Gasteiger partial charge in [-0.25, -0.2) is 4.79 Å². The standard InChI is InChI=1S/C5H6F3NO3/c1-4(9,3(11)12)2(10)5(6,7)8/h9H2,1H3,(H,11,12)/t4-/m1/s1. The van der Waals surface area contributed by atoms with Crippen molar-refractivity contribution in [3.63, 3.8) is 0 Å². The molecule has 0 amide bonds. The predicted molar refractivity (Wildman–Crippen MR) is 31.3 cm³/mol. The van der Waals surface area contributed by atoms with Gasteiger partial charge in [0.2, 0.25) is 0 Å². The number of rotatable bonds is 2. The minimum atomic E-state index is -5.22. The third-order valence-electron chi connectivity index (χ3n) is 1.17. The summed E-state index contributed by atoms with van der Waals surface area (Å²) in [5, 5.41) is 8.13. The van der Waals surface area contributed by atoms with Crippen LogP contribution in [0.2, 0.25) is 0 Å². The molecule has 3 N–H and O–H groups in total. The van der Waals surface area contributed by atoms with Gasteiger partial charge in [0.15, 0.2) is 5.54 Å². The summed E-state index contributed by atoms with van der Waals surface area (Å²) >= 11 is 0. The summed E-state index contributed by atoms with van der Waals surface area (Å²) in [4.78, 5) is 20.4. The molecular weight excluding hydrogens is 179 g/mol. The van der Waals surface area contributed by atoms with Crippen molar-refractivity contribution in [3.8, 4) is 0 Å². The first-order valence-corrected chi connectivity index (χ1v) is 2.74. The summed E-state index contributed by atoms with van der Waals surface area (Å²) in [5.41, 5.74) is 1.72. The van der Waals surface area contributed by atoms with Crippen LogP contribution in [0.5, 0.6) is 0 Å². The minimum Gasteiger partial charge on any atom is -0.480 e. The Balaban J connectivity index is 4.83. The van der Waals surface area contributed by atoms with E-state index in [1.807, 2.05) is 0 Å². The first-order chi connectivity index (χ1) is 5.10. The van der Waals surface area contributed by atoms with Crippen molar-refractivity contribution in [2.24, 2.45) is 5.73 Å². The quantitative estimate of drug-likeness (QED) is 0.589. The molecule has 4 nitrogen and oxygen atoms in total. The molecule has 0 spiro atoms. The number of Topliss-reactive ketones (excluding diaryl/α,β-unsaturated/α-hetero) is 1. The fourth-order valence-corrected chi connectivity index (χ4v) is 0.392. The van der Waals surface area contributed by atoms with E-state index in [0.29, 0.717) is 6.92 Å². The second-order valence-corrected chi connectivity index (χ2v) is 2.33. The van der Waals surface area contributed by atoms with Gasteiger partial charge < -0.3 is 10.8 Å². The van der Waals surface area contributed by atoms with Crippen molar-refractivity contribution in [1.82, 2.24) is 0 Å². The van der Waals surface area contributed by atoms with Gasteiger partial charge in [-0.3, -0.25) is 4.79 Å². The number of hydrogen-bond donors (Lipinski definition) is 2. The molecule has 0 aromatic heterocycles. The smallest absolute Gasteiger partial charge is 0.452 e. The molecule has 7 heteroatoms. The lowest BCUT2D eigenvalue weighted by Gasteiger charge is -2.18. The van der Waals surface area contributed by atoms with E-state index in [4.69, 9.17) is 5.11 Å². The van der Waals surface area contributed by atoms with Gasteiger partial charge in [0.05, 0.1) is 0 Å². The number of alkyl halides is 3. The van der Waals surface area contributed by atoms with E-state index in [9.17, 15) is 22.8 Å². The number of nitrogens with two attached hydrogens (primary N) is 1. The van der Waals surface area contributed by atoms with Crippen LogP contribution in [0, 0.1) is 0 Å². The van der Waals surface area contributed by atoms with Gasteiger partial charge in [0.1, 0.15) is 0 Å². The Bertz CT molecular complexity index is 220. The number of carbonyl (C=O) groups excluding carboxylic acids is 1. The largest absolute Gasteiger partial charge is 0.480 e. The average Bonchev–Trinajstić information content (AvgIpc) is 1.83. The molecule has 0 aromatic rings. The topological polar surface area (TPSA) is 80.4 Å². The SMILES string of the molecule is C[C@](N)(C(=O)O)C(=O)C(F)(F)F. The number of hydrogen-bond acceptors (Lipinski definition) is 3. The number of carboxylic acids is 1. The third-order valence-corrected chi connectivity index (χ3v) is 1.17. The van der Waals surface area contributed by atoms with E-state index in [-0.39, 0.29) is 0 Å². The highest BCUT2D eigenvalue weighted by atomic mass is 19.4. The van der Waals surface area contributed by atoms with Crippen LogP contribution in [0.25, 0.3) is 0 Å². The molecule has 0 rings (SSSR count). The lowest BCUT2D eigenvalue weighted by Crippen LogP contribution is -2.57. The number of halogens is 3. The van der Waals surface area contributed by atoms with Gasteiger partial charge >= 0.3 is 12.1 Å². The lowest BCUT2D eigenvalue weighted by molar-refractivity contribution is -0.180. The molecule has 0 radical (unpaired) electrons. The maximum Gasteiger partial charge on any atom is 0.452 e. The number of ketones is 1. The number of aliphatic carboxylic acids is 1. The summed E-state index contributed by atoms with van der Waals surface area (Å²) in [7, 11) is 0. The van der Waals surface area contributed by atoms with Crippen molar-refractivity contribution < 1.29 is 27.9 Å². The van der Waals surface area contributed by atoms with Gasteiger partial charge in [-0.2, -0.15) is 13.2 Å². The monoisotopic (exact) mass is 185 g/mol. The summed E-state index contributed by atoms with van der Waals surface area (Å²) < 4.78 is 34.8. The molecule has 70 valence electrons. The molecule has 0 aromatic carbocycles. The summed E-state index contributed by atoms with van der Waals surface area (Å²) in [6.45, 7) is 0.491. The van der Waals surface area contributed by atoms with Crippen LogP contribution in [-0.4, -0.2) is 28.6 Å². The first kappa shape index (κ1) is 10.9. The molecule has 0 bridgehead atoms. The van der Waals surface area contributed by atoms with Crippen LogP contribution in [0.1, 0.15) is 6.92 Å². The van der Waals surface area contributed by atoms with Gasteiger partial charge in [0, 0.05) is 0 Å². The Morgan fingerprint density at radius 1 is 1.33 bits per heavy atom. The van der Waals surface area contributed by atoms with Crippen LogP contribution >= 0.6 is 0 Å². The normalized spacial score (nSPS) is 16.8. The van der Waals surface area contributed by atoms with Crippen LogP contribution in [0.4, 0.5) is 13.2 Å². The Labute approximate surface area is 65.2 Å². The van der Waals surface area contributed by atoms with Crippen LogP contribution in [-0.2, 0) is 9.59 Å². The maximum atomic E-state index is 11.6. The Morgan fingerprint density at radius 3 is 1.75 bits per heavy atom. The van der Waals surface area contributed by atoms with E-state index in [0.717, 1.165) is 0 Å². The van der Waals surface area contributed by atoms with E-state index < -0.39 is 23.5 Å². The highest BCUT2D eigenvalue weighted by molar-refractivity contribution is 6.09. The molecule has 0 saturated carbocycles. The second-order valence-electron chi connectivity index (χ2n) is 2.33. The van der Waals surface area contributed by atoms with Crippen LogP contribution in [0.3, 0.4) is 0 Å². The molecule has 0 aliphatic heterocycles. The zero-order valence-electron chi connectivity index (χ0n) is 5.97. The average molecular weight is 185 g/mol. The molecule has 0 aliphatic rings. The lowest BCUT2D eigenvalue weighted by atomic mass is 9.98. The first-order valence-electron chi connectivity index (χ1n) is 2.74. The minimum absolute atomic E-state index is 0.491. The van der Waals surface area contributed by atoms with E-state index in [1.165, 1.54) is 0 Å². The van der Waals surface area contributed by atoms with Crippen molar-refractivity contribution >= 4 is 11.8 Å². The molecule has 0 saturated heterocycles. The summed E-state index contributed by atoms with van der Waals surface area (Å²) in [6, 6.07) is 0. The van der Waals surface area contributed by atoms with Crippen molar-refractivity contribution in [2.75, 3.05) is 0 Å². The van der Waals surface area contributed by atoms with Crippen LogP contribution in [0.15, 0.2) is 0 Å². The van der Waals surface area contributed by atoms with E-state index in [2.05, 4.69) is 5.73 Å². The maximum absolute atomic E-state index is 11.6. The molecule has 0 unspecified atom stereocenters. The molecule has 0 fully saturated rings. The van der Waals surface area contributed by atoms with E-state index >= 15 is 0 Å². The zero-order valence-corrected chi connectivity index (χ0v) is 5.97. The Hall–Kier alpha value is -1.11. The van der Waals surface area contributed by atoms with Gasteiger partial charge in [-0.05, 0) is 6.92 Å². The van der Waals surface area contributed by atoms with Crippen molar-refractivity contribution in [2.45, 2.75) is 18.6 Å². The van der Waals surface area contributed by atoms with Gasteiger partial charge in [0.25, 0.3) is 5.78 Å². The third kappa shape index (κ3) is 1.94. The van der Waals surface area contributed by atoms with Crippen molar-refractivity contribution in [3.05, 3.63) is 0 Å². The molecule has 1 atom stereocenters. The number of carbonyl (C=O) groups is 2. The predicted octanol–water partition coefficient (Wildman–Crippen LogP) is -0.0802. The highest BCUT2D eigenvalue weighted by Crippen LogP contribution is 2.22. The summed E-state index contributed by atoms with van der Waals surface area (Å²) in [5.74, 6) is -4.48. The van der Waals surface area contributed by atoms with Gasteiger partial charge in [-0.15, -0.1) is 0 Å². The molecule has 0 heterocycles. The summed E-state index contributed by atoms with van der Waals surface area (Å²) in [6.07, 6.45) is -5.22. The van der Waals surface area contributed by atoms with Crippen molar-refractivity contribution in [1.29, 1.82) is 0 Å². The van der Waals surface area contributed by atoms with E-state index in [1.54, 1.807) is 0 Å². The second kappa shape index (κ2) is 2.74. The fourth-order valence-electron chi connectivity index (χ4n) is 0.392. The Morgan fingerprint density at radius 2 is 1.67 bits per heavy atom. The number of carboxylic acid groups (broad SMARTS) is 1. The molecule has 0 aliphatic carbocycles. The zero-order chi connectivity index (χ0) is 10.2. The Kier molecular flexibility index (Phi) is 2.49. The molecule has 12 heavy (non-hydrogen) atoms. The molecular formula is C5H6F3NO3.